The Bertz CT molecular complexity index is 496. The molecule has 2 heterocycles. The molecule has 1 fully saturated rings. The van der Waals surface area contributed by atoms with Gasteiger partial charge < -0.3 is 20.3 Å². The zero-order chi connectivity index (χ0) is 15.9. The number of nitrogens with one attached hydrogen (secondary N) is 2. The second-order valence-corrected chi connectivity index (χ2v) is 6.39. The van der Waals surface area contributed by atoms with Crippen LogP contribution in [0.3, 0.4) is 0 Å². The van der Waals surface area contributed by atoms with Crippen molar-refractivity contribution in [3.05, 3.63) is 15.8 Å². The van der Waals surface area contributed by atoms with Gasteiger partial charge >= 0.3 is 6.61 Å². The van der Waals surface area contributed by atoms with Crippen molar-refractivity contribution in [2.45, 2.75) is 20.0 Å². The van der Waals surface area contributed by atoms with Gasteiger partial charge in [0.15, 0.2) is 0 Å². The van der Waals surface area contributed by atoms with Crippen LogP contribution in [0.25, 0.3) is 0 Å². The van der Waals surface area contributed by atoms with Crippen molar-refractivity contribution < 1.29 is 18.3 Å². The molecule has 1 saturated heterocycles. The van der Waals surface area contributed by atoms with Gasteiger partial charge in [-0.2, -0.15) is 8.78 Å². The Labute approximate surface area is 144 Å². The van der Waals surface area contributed by atoms with Gasteiger partial charge in [0.05, 0.1) is 0 Å². The van der Waals surface area contributed by atoms with Gasteiger partial charge in [-0.15, -0.1) is 23.7 Å². The molecule has 2 rings (SSSR count). The molecule has 2 N–H and O–H groups in total. The molecule has 132 valence electrons. The number of aryl methyl sites for hydroxylation is 1. The third kappa shape index (κ3) is 6.58. The molecule has 1 aromatic rings. The Balaban J connectivity index is 0.00000264. The summed E-state index contributed by atoms with van der Waals surface area (Å²) in [6.45, 7) is 4.30. The summed E-state index contributed by atoms with van der Waals surface area (Å²) in [6.07, 6.45) is 0.834. The quantitative estimate of drug-likeness (QED) is 0.723. The number of piperazine rings is 1. The Morgan fingerprint density at radius 1 is 1.48 bits per heavy atom. The molecule has 0 unspecified atom stereocenters. The number of thiophene rings is 1. The third-order valence-corrected chi connectivity index (χ3v) is 4.42. The van der Waals surface area contributed by atoms with E-state index < -0.39 is 6.61 Å². The van der Waals surface area contributed by atoms with Crippen LogP contribution in [0, 0.1) is 6.92 Å². The number of hydrogen-bond acceptors (Lipinski definition) is 5. The first kappa shape index (κ1) is 20.1. The Morgan fingerprint density at radius 2 is 2.17 bits per heavy atom. The summed E-state index contributed by atoms with van der Waals surface area (Å²) in [6, 6.07) is 1.46. The Kier molecular flexibility index (Phi) is 8.75. The highest BCUT2D eigenvalue weighted by atomic mass is 35.5. The molecule has 0 radical (unpaired) electrons. The molecule has 0 aromatic carbocycles. The predicted molar refractivity (Wildman–Crippen MR) is 89.2 cm³/mol. The van der Waals surface area contributed by atoms with Gasteiger partial charge in [0.25, 0.3) is 5.91 Å². The van der Waals surface area contributed by atoms with E-state index in [4.69, 9.17) is 0 Å². The fourth-order valence-electron chi connectivity index (χ4n) is 2.35. The van der Waals surface area contributed by atoms with Crippen LogP contribution in [0.5, 0.6) is 5.75 Å². The highest BCUT2D eigenvalue weighted by Gasteiger charge is 2.19. The van der Waals surface area contributed by atoms with Gasteiger partial charge in [-0.3, -0.25) is 4.79 Å². The summed E-state index contributed by atoms with van der Waals surface area (Å²) in [7, 11) is 0. The van der Waals surface area contributed by atoms with Gasteiger partial charge in [0.1, 0.15) is 10.6 Å². The molecule has 1 amide bonds. The third-order valence-electron chi connectivity index (χ3n) is 3.39. The van der Waals surface area contributed by atoms with Crippen molar-refractivity contribution in [1.82, 2.24) is 15.5 Å². The highest BCUT2D eigenvalue weighted by Crippen LogP contribution is 2.30. The molecule has 23 heavy (non-hydrogen) atoms. The van der Waals surface area contributed by atoms with E-state index in [-0.39, 0.29) is 28.9 Å². The van der Waals surface area contributed by atoms with Crippen molar-refractivity contribution in [1.29, 1.82) is 0 Å². The van der Waals surface area contributed by atoms with Crippen LogP contribution in [0.15, 0.2) is 6.07 Å². The van der Waals surface area contributed by atoms with Crippen LogP contribution in [-0.2, 0) is 0 Å². The van der Waals surface area contributed by atoms with E-state index >= 15 is 0 Å². The number of hydrogen-bond donors (Lipinski definition) is 2. The smallest absolute Gasteiger partial charge is 0.387 e. The van der Waals surface area contributed by atoms with Crippen molar-refractivity contribution in [2.24, 2.45) is 0 Å². The Hall–Kier alpha value is -0.960. The monoisotopic (exact) mass is 369 g/mol. The van der Waals surface area contributed by atoms with E-state index in [1.165, 1.54) is 6.07 Å². The lowest BCUT2D eigenvalue weighted by Crippen LogP contribution is -2.44. The van der Waals surface area contributed by atoms with Crippen LogP contribution in [0.2, 0.25) is 0 Å². The number of carbonyl (C=O) groups is 1. The first-order valence-electron chi connectivity index (χ1n) is 7.33. The van der Waals surface area contributed by atoms with Gasteiger partial charge in [-0.05, 0) is 26.0 Å². The van der Waals surface area contributed by atoms with Gasteiger partial charge in [-0.1, -0.05) is 0 Å². The maximum absolute atomic E-state index is 12.3. The molecule has 1 aliphatic rings. The number of nitrogens with zero attached hydrogens (tertiary/aromatic N) is 1. The SMILES string of the molecule is Cc1cc(OC(F)F)c(C(=O)NCCCN2CCNCC2)s1.Cl. The number of carbonyl (C=O) groups excluding carboxylic acids is 1. The van der Waals surface area contributed by atoms with E-state index in [1.807, 2.05) is 0 Å². The predicted octanol–water partition coefficient (Wildman–Crippen LogP) is 2.10. The molecule has 1 aromatic heterocycles. The first-order chi connectivity index (χ1) is 10.6. The summed E-state index contributed by atoms with van der Waals surface area (Å²) in [4.78, 5) is 15.4. The van der Waals surface area contributed by atoms with Crippen LogP contribution < -0.4 is 15.4 Å². The number of ether oxygens (including phenoxy) is 1. The molecular weight excluding hydrogens is 348 g/mol. The van der Waals surface area contributed by atoms with E-state index in [0.29, 0.717) is 6.54 Å². The normalized spacial score (nSPS) is 15.3. The summed E-state index contributed by atoms with van der Waals surface area (Å²) >= 11 is 1.16. The first-order valence-corrected chi connectivity index (χ1v) is 8.14. The van der Waals surface area contributed by atoms with Crippen LogP contribution in [-0.4, -0.2) is 56.7 Å². The lowest BCUT2D eigenvalue weighted by molar-refractivity contribution is -0.0498. The van der Waals surface area contributed by atoms with Crippen molar-refractivity contribution in [2.75, 3.05) is 39.3 Å². The topological polar surface area (TPSA) is 53.6 Å². The standard InChI is InChI=1S/C14H21F2N3O2S.ClH/c1-10-9-11(21-14(15)16)12(22-10)13(20)18-3-2-6-19-7-4-17-5-8-19;/h9,14,17H,2-8H2,1H3,(H,18,20);1H. The second kappa shape index (κ2) is 10.0. The van der Waals surface area contributed by atoms with Crippen LogP contribution >= 0.6 is 23.7 Å². The molecule has 0 aliphatic carbocycles. The highest BCUT2D eigenvalue weighted by molar-refractivity contribution is 7.14. The number of alkyl halides is 2. The summed E-state index contributed by atoms with van der Waals surface area (Å²) in [5, 5.41) is 6.05. The molecule has 0 atom stereocenters. The van der Waals surface area contributed by atoms with E-state index in [1.54, 1.807) is 6.92 Å². The van der Waals surface area contributed by atoms with Crippen molar-refractivity contribution in [3.63, 3.8) is 0 Å². The van der Waals surface area contributed by atoms with E-state index in [0.717, 1.165) is 55.4 Å². The van der Waals surface area contributed by atoms with E-state index in [9.17, 15) is 13.6 Å². The Morgan fingerprint density at radius 3 is 2.83 bits per heavy atom. The zero-order valence-corrected chi connectivity index (χ0v) is 14.6. The molecule has 0 spiro atoms. The largest absolute Gasteiger partial charge is 0.433 e. The minimum atomic E-state index is -2.92. The lowest BCUT2D eigenvalue weighted by atomic mass is 10.3. The fourth-order valence-corrected chi connectivity index (χ4v) is 3.21. The average molecular weight is 370 g/mol. The second-order valence-electron chi connectivity index (χ2n) is 5.13. The van der Waals surface area contributed by atoms with Crippen molar-refractivity contribution >= 4 is 29.7 Å². The lowest BCUT2D eigenvalue weighted by Gasteiger charge is -2.27. The average Bonchev–Trinajstić information content (AvgIpc) is 2.84. The van der Waals surface area contributed by atoms with Gasteiger partial charge in [-0.25, -0.2) is 0 Å². The molecule has 5 nitrogen and oxygen atoms in total. The van der Waals surface area contributed by atoms with Gasteiger partial charge in [0.2, 0.25) is 0 Å². The number of halogens is 3. The zero-order valence-electron chi connectivity index (χ0n) is 12.9. The summed E-state index contributed by atoms with van der Waals surface area (Å²) in [5.41, 5.74) is 0. The van der Waals surface area contributed by atoms with Gasteiger partial charge in [0, 0.05) is 37.6 Å². The maximum Gasteiger partial charge on any atom is 0.387 e. The number of amides is 1. The minimum Gasteiger partial charge on any atom is -0.433 e. The number of rotatable bonds is 7. The van der Waals surface area contributed by atoms with Crippen LogP contribution in [0.4, 0.5) is 8.78 Å². The minimum absolute atomic E-state index is 0. The molecule has 0 saturated carbocycles. The summed E-state index contributed by atoms with van der Waals surface area (Å²) in [5.74, 6) is -0.397. The van der Waals surface area contributed by atoms with Crippen LogP contribution in [0.1, 0.15) is 21.0 Å². The van der Waals surface area contributed by atoms with Crippen molar-refractivity contribution in [3.8, 4) is 5.75 Å². The molecule has 1 aliphatic heterocycles. The summed E-state index contributed by atoms with van der Waals surface area (Å²) < 4.78 is 29.0. The molecular formula is C14H22ClF2N3O2S. The molecule has 0 bridgehead atoms. The maximum atomic E-state index is 12.3. The fraction of sp³-hybridized carbons (Fsp3) is 0.643. The molecule has 9 heteroatoms. The van der Waals surface area contributed by atoms with E-state index in [2.05, 4.69) is 20.3 Å².